The largest absolute Gasteiger partial charge is 0.489 e. The summed E-state index contributed by atoms with van der Waals surface area (Å²) in [5.41, 5.74) is 0.121. The molecule has 0 bridgehead atoms. The highest BCUT2D eigenvalue weighted by Gasteiger charge is 2.12. The Morgan fingerprint density at radius 3 is 2.47 bits per heavy atom. The molecule has 0 saturated carbocycles. The molecule has 0 saturated heterocycles. The fraction of sp³-hybridized carbons (Fsp3) is 0.412. The first-order valence-corrected chi connectivity index (χ1v) is 6.85. The third-order valence-electron chi connectivity index (χ3n) is 3.00. The van der Waals surface area contributed by atoms with Gasteiger partial charge in [-0.25, -0.2) is 0 Å². The summed E-state index contributed by atoms with van der Waals surface area (Å²) in [6.45, 7) is 9.43. The van der Waals surface area contributed by atoms with Gasteiger partial charge in [-0.15, -0.1) is 0 Å². The van der Waals surface area contributed by atoms with Crippen LogP contribution in [0.5, 0.6) is 5.75 Å². The second kappa shape index (κ2) is 5.62. The van der Waals surface area contributed by atoms with Crippen molar-refractivity contribution in [2.45, 2.75) is 39.3 Å². The lowest BCUT2D eigenvalue weighted by Crippen LogP contribution is -2.41. The molecule has 2 aromatic carbocycles. The smallest absolute Gasteiger partial charge is 0.127 e. The van der Waals surface area contributed by atoms with Crippen molar-refractivity contribution in [2.75, 3.05) is 6.54 Å². The van der Waals surface area contributed by atoms with Crippen molar-refractivity contribution in [1.29, 1.82) is 0 Å². The van der Waals surface area contributed by atoms with E-state index in [1.165, 1.54) is 10.8 Å². The van der Waals surface area contributed by atoms with Gasteiger partial charge in [0.25, 0.3) is 0 Å². The molecule has 0 spiro atoms. The summed E-state index contributed by atoms with van der Waals surface area (Å²) in [5.74, 6) is 0.960. The minimum atomic E-state index is 0.121. The molecule has 2 nitrogen and oxygen atoms in total. The van der Waals surface area contributed by atoms with E-state index >= 15 is 0 Å². The van der Waals surface area contributed by atoms with E-state index in [1.54, 1.807) is 0 Å². The van der Waals surface area contributed by atoms with E-state index in [-0.39, 0.29) is 11.6 Å². The van der Waals surface area contributed by atoms with E-state index in [0.29, 0.717) is 0 Å². The van der Waals surface area contributed by atoms with E-state index < -0.39 is 0 Å². The first-order valence-electron chi connectivity index (χ1n) is 6.85. The molecule has 1 N–H and O–H groups in total. The third-order valence-corrected chi connectivity index (χ3v) is 3.00. The maximum Gasteiger partial charge on any atom is 0.127 e. The molecule has 0 fully saturated rings. The number of hydrogen-bond donors (Lipinski definition) is 1. The summed E-state index contributed by atoms with van der Waals surface area (Å²) in [5, 5.41) is 5.86. The Hall–Kier alpha value is -1.54. The molecule has 0 aliphatic heterocycles. The molecule has 0 aromatic heterocycles. The van der Waals surface area contributed by atoms with Crippen LogP contribution in [0.2, 0.25) is 0 Å². The summed E-state index contributed by atoms with van der Waals surface area (Å²) in [6, 6.07) is 14.5. The number of nitrogens with one attached hydrogen (secondary N) is 1. The van der Waals surface area contributed by atoms with Crippen LogP contribution in [0, 0.1) is 0 Å². The number of ether oxygens (including phenoxy) is 1. The number of fused-ring (bicyclic) bond motifs is 1. The Morgan fingerprint density at radius 1 is 1.05 bits per heavy atom. The van der Waals surface area contributed by atoms with Crippen LogP contribution in [0.3, 0.4) is 0 Å². The lowest BCUT2D eigenvalue weighted by molar-refractivity contribution is 0.205. The predicted molar refractivity (Wildman–Crippen MR) is 81.8 cm³/mol. The lowest BCUT2D eigenvalue weighted by Gasteiger charge is -2.24. The molecule has 0 heterocycles. The van der Waals surface area contributed by atoms with Crippen LogP contribution in [-0.4, -0.2) is 18.2 Å². The molecule has 102 valence electrons. The van der Waals surface area contributed by atoms with E-state index in [9.17, 15) is 0 Å². The van der Waals surface area contributed by atoms with Gasteiger partial charge in [0.05, 0.1) is 0 Å². The van der Waals surface area contributed by atoms with Gasteiger partial charge in [0.15, 0.2) is 0 Å². The van der Waals surface area contributed by atoms with Crippen LogP contribution in [0.25, 0.3) is 10.8 Å². The van der Waals surface area contributed by atoms with Gasteiger partial charge in [-0.2, -0.15) is 0 Å². The average molecular weight is 257 g/mol. The van der Waals surface area contributed by atoms with Crippen molar-refractivity contribution in [3.05, 3.63) is 42.5 Å². The molecule has 2 heteroatoms. The molecule has 0 radical (unpaired) electrons. The third kappa shape index (κ3) is 3.97. The molecular formula is C17H23NO. The quantitative estimate of drug-likeness (QED) is 0.894. The molecule has 1 unspecified atom stereocenters. The van der Waals surface area contributed by atoms with Crippen molar-refractivity contribution < 1.29 is 4.74 Å². The number of benzene rings is 2. The van der Waals surface area contributed by atoms with E-state index in [1.807, 2.05) is 18.2 Å². The van der Waals surface area contributed by atoms with Crippen molar-refractivity contribution in [2.24, 2.45) is 0 Å². The van der Waals surface area contributed by atoms with Crippen LogP contribution in [-0.2, 0) is 0 Å². The summed E-state index contributed by atoms with van der Waals surface area (Å²) in [4.78, 5) is 0. The summed E-state index contributed by atoms with van der Waals surface area (Å²) >= 11 is 0. The fourth-order valence-electron chi connectivity index (χ4n) is 2.01. The van der Waals surface area contributed by atoms with Crippen molar-refractivity contribution in [3.63, 3.8) is 0 Å². The van der Waals surface area contributed by atoms with Gasteiger partial charge in [0.1, 0.15) is 11.9 Å². The zero-order valence-corrected chi connectivity index (χ0v) is 12.2. The molecule has 0 aliphatic rings. The van der Waals surface area contributed by atoms with Crippen molar-refractivity contribution in [3.8, 4) is 5.75 Å². The molecular weight excluding hydrogens is 234 g/mol. The first kappa shape index (κ1) is 13.9. The van der Waals surface area contributed by atoms with Gasteiger partial charge >= 0.3 is 0 Å². The van der Waals surface area contributed by atoms with Gasteiger partial charge in [0.2, 0.25) is 0 Å². The van der Waals surface area contributed by atoms with Crippen LogP contribution in [0.4, 0.5) is 0 Å². The Kier molecular flexibility index (Phi) is 4.11. The topological polar surface area (TPSA) is 21.3 Å². The van der Waals surface area contributed by atoms with Gasteiger partial charge < -0.3 is 10.1 Å². The zero-order valence-electron chi connectivity index (χ0n) is 12.2. The van der Waals surface area contributed by atoms with Gasteiger partial charge in [-0.1, -0.05) is 36.4 Å². The summed E-state index contributed by atoms with van der Waals surface area (Å²) in [6.07, 6.45) is 0.144. The Morgan fingerprint density at radius 2 is 1.74 bits per heavy atom. The van der Waals surface area contributed by atoms with E-state index in [2.05, 4.69) is 57.3 Å². The molecule has 1 atom stereocenters. The fourth-order valence-corrected chi connectivity index (χ4v) is 2.01. The Balaban J connectivity index is 2.09. The molecule has 2 rings (SSSR count). The van der Waals surface area contributed by atoms with E-state index in [0.717, 1.165) is 12.3 Å². The maximum absolute atomic E-state index is 6.06. The molecule has 0 amide bonds. The molecule has 19 heavy (non-hydrogen) atoms. The van der Waals surface area contributed by atoms with Crippen LogP contribution in [0.15, 0.2) is 42.5 Å². The monoisotopic (exact) mass is 257 g/mol. The predicted octanol–water partition coefficient (Wildman–Crippen LogP) is 4.00. The average Bonchev–Trinajstić information content (AvgIpc) is 2.36. The zero-order chi connectivity index (χ0) is 13.9. The molecule has 2 aromatic rings. The maximum atomic E-state index is 6.06. The van der Waals surface area contributed by atoms with Gasteiger partial charge in [-0.3, -0.25) is 0 Å². The Bertz CT molecular complexity index is 537. The highest BCUT2D eigenvalue weighted by atomic mass is 16.5. The van der Waals surface area contributed by atoms with Crippen LogP contribution < -0.4 is 10.1 Å². The minimum absolute atomic E-state index is 0.121. The second-order valence-electron chi connectivity index (χ2n) is 6.04. The van der Waals surface area contributed by atoms with Crippen molar-refractivity contribution in [1.82, 2.24) is 5.32 Å². The van der Waals surface area contributed by atoms with Gasteiger partial charge in [-0.05, 0) is 39.1 Å². The number of rotatable bonds is 4. The highest BCUT2D eigenvalue weighted by Crippen LogP contribution is 2.25. The standard InChI is InChI=1S/C17H23NO/c1-13(12-18-17(2,3)4)19-16-11-7-9-14-8-5-6-10-15(14)16/h5-11,13,18H,12H2,1-4H3. The normalized spacial score (nSPS) is 13.5. The Labute approximate surface area is 115 Å². The molecule has 0 aliphatic carbocycles. The van der Waals surface area contributed by atoms with E-state index in [4.69, 9.17) is 4.74 Å². The summed E-state index contributed by atoms with van der Waals surface area (Å²) < 4.78 is 6.06. The minimum Gasteiger partial charge on any atom is -0.489 e. The van der Waals surface area contributed by atoms with Crippen LogP contribution in [0.1, 0.15) is 27.7 Å². The number of hydrogen-bond acceptors (Lipinski definition) is 2. The van der Waals surface area contributed by atoms with Crippen molar-refractivity contribution >= 4 is 10.8 Å². The lowest BCUT2D eigenvalue weighted by atomic mass is 10.1. The van der Waals surface area contributed by atoms with Crippen LogP contribution >= 0.6 is 0 Å². The highest BCUT2D eigenvalue weighted by molar-refractivity contribution is 5.88. The SMILES string of the molecule is CC(CNC(C)(C)C)Oc1cccc2ccccc12. The van der Waals surface area contributed by atoms with Gasteiger partial charge in [0, 0.05) is 17.5 Å². The first-order chi connectivity index (χ1) is 8.96. The second-order valence-corrected chi connectivity index (χ2v) is 6.04. The summed E-state index contributed by atoms with van der Waals surface area (Å²) in [7, 11) is 0.